The van der Waals surface area contributed by atoms with Crippen LogP contribution in [0.1, 0.15) is 11.1 Å². The topological polar surface area (TPSA) is 50.4 Å². The summed E-state index contributed by atoms with van der Waals surface area (Å²) >= 11 is 0. The molecule has 2 aromatic rings. The number of phenols is 1. The first-order valence-electron chi connectivity index (χ1n) is 8.01. The fourth-order valence-corrected chi connectivity index (χ4v) is 3.20. The van der Waals surface area contributed by atoms with Crippen molar-refractivity contribution in [3.63, 3.8) is 0 Å². The molecule has 0 saturated heterocycles. The number of hydrogen-bond acceptors (Lipinski definition) is 3. The van der Waals surface area contributed by atoms with Gasteiger partial charge in [-0.2, -0.15) is 0 Å². The maximum absolute atomic E-state index is 14.1. The number of aryl methyl sites for hydroxylation is 2. The van der Waals surface area contributed by atoms with Crippen molar-refractivity contribution in [3.05, 3.63) is 75.4 Å². The molecule has 130 valence electrons. The molecule has 2 aromatic carbocycles. The summed E-state index contributed by atoms with van der Waals surface area (Å²) in [5, 5.41) is 10.1. The van der Waals surface area contributed by atoms with E-state index in [2.05, 4.69) is 0 Å². The summed E-state index contributed by atoms with van der Waals surface area (Å²) in [6, 6.07) is 10.3. The number of hydrogen-bond donors (Lipinski definition) is 1. The number of phenolic OH excluding ortho intramolecular Hbond substituents is 1. The average molecular weight is 352 g/mol. The molecule has 0 radical (unpaired) electrons. The van der Waals surface area contributed by atoms with E-state index in [9.17, 15) is 18.7 Å². The summed E-state index contributed by atoms with van der Waals surface area (Å²) in [4.78, 5) is 11.7. The van der Waals surface area contributed by atoms with E-state index >= 15 is 0 Å². The second-order valence-electron chi connectivity index (χ2n) is 6.37. The minimum absolute atomic E-state index is 0.172. The molecule has 0 fully saturated rings. The van der Waals surface area contributed by atoms with E-state index in [4.69, 9.17) is 4.42 Å². The van der Waals surface area contributed by atoms with Gasteiger partial charge in [0.15, 0.2) is 17.4 Å². The molecule has 2 aliphatic rings. The number of rotatable bonds is 1. The standard InChI is InChI=1S/C21H14F2O3/c1-10-3-4-11(2)12(5-10)21-13-6-15(22)17(24)8-19(13)26-20-9-18(25)16(23)7-14(20)21/h3-9,24H,1-2H3. The van der Waals surface area contributed by atoms with E-state index in [1.54, 1.807) is 0 Å². The fourth-order valence-electron chi connectivity index (χ4n) is 3.20. The predicted molar refractivity (Wildman–Crippen MR) is 95.6 cm³/mol. The summed E-state index contributed by atoms with van der Waals surface area (Å²) in [7, 11) is 0. The lowest BCUT2D eigenvalue weighted by Crippen LogP contribution is -2.06. The van der Waals surface area contributed by atoms with E-state index in [1.807, 2.05) is 32.0 Å². The number of benzene rings is 3. The van der Waals surface area contributed by atoms with Crippen molar-refractivity contribution in [1.29, 1.82) is 0 Å². The van der Waals surface area contributed by atoms with Crippen LogP contribution in [0.25, 0.3) is 33.4 Å². The molecule has 0 amide bonds. The lowest BCUT2D eigenvalue weighted by atomic mass is 9.90. The third-order valence-electron chi connectivity index (χ3n) is 4.50. The Kier molecular flexibility index (Phi) is 3.54. The first-order chi connectivity index (χ1) is 12.3. The maximum Gasteiger partial charge on any atom is 0.217 e. The SMILES string of the molecule is Cc1ccc(C)c(-c2c3cc(F)c(=O)cc-3oc3cc(O)c(F)cc23)c1. The molecule has 1 N–H and O–H groups in total. The van der Waals surface area contributed by atoms with Crippen LogP contribution in [-0.2, 0) is 0 Å². The highest BCUT2D eigenvalue weighted by Gasteiger charge is 2.21. The van der Waals surface area contributed by atoms with Gasteiger partial charge in [0.2, 0.25) is 5.43 Å². The van der Waals surface area contributed by atoms with Crippen molar-refractivity contribution in [1.82, 2.24) is 0 Å². The summed E-state index contributed by atoms with van der Waals surface area (Å²) in [6.07, 6.45) is 0. The van der Waals surface area contributed by atoms with Gasteiger partial charge in [-0.05, 0) is 37.1 Å². The van der Waals surface area contributed by atoms with E-state index in [0.717, 1.165) is 41.0 Å². The third kappa shape index (κ3) is 2.44. The van der Waals surface area contributed by atoms with Crippen molar-refractivity contribution in [2.24, 2.45) is 0 Å². The van der Waals surface area contributed by atoms with Crippen LogP contribution < -0.4 is 5.43 Å². The predicted octanol–water partition coefficient (Wildman–Crippen LogP) is 5.17. The van der Waals surface area contributed by atoms with Crippen LogP contribution in [0.15, 0.2) is 51.7 Å². The summed E-state index contributed by atoms with van der Waals surface area (Å²) < 4.78 is 33.7. The van der Waals surface area contributed by atoms with Crippen molar-refractivity contribution < 1.29 is 18.3 Å². The highest BCUT2D eigenvalue weighted by molar-refractivity contribution is 6.02. The van der Waals surface area contributed by atoms with Crippen LogP contribution in [0.4, 0.5) is 8.78 Å². The van der Waals surface area contributed by atoms with Crippen molar-refractivity contribution in [2.75, 3.05) is 0 Å². The Balaban J connectivity index is 2.27. The molecule has 0 atom stereocenters. The zero-order valence-electron chi connectivity index (χ0n) is 14.1. The molecule has 1 heterocycles. The molecule has 3 nitrogen and oxygen atoms in total. The number of aromatic hydroxyl groups is 1. The van der Waals surface area contributed by atoms with Crippen LogP contribution in [0, 0.1) is 25.5 Å². The first-order valence-corrected chi connectivity index (χ1v) is 8.01. The molecule has 0 aromatic heterocycles. The number of halogens is 2. The van der Waals surface area contributed by atoms with E-state index in [0.29, 0.717) is 16.5 Å². The van der Waals surface area contributed by atoms with Gasteiger partial charge in [-0.1, -0.05) is 23.8 Å². The van der Waals surface area contributed by atoms with Crippen LogP contribution in [-0.4, -0.2) is 5.11 Å². The average Bonchev–Trinajstić information content (AvgIpc) is 2.58. The fraction of sp³-hybridized carbons (Fsp3) is 0.0952. The quantitative estimate of drug-likeness (QED) is 0.481. The summed E-state index contributed by atoms with van der Waals surface area (Å²) in [5.41, 5.74) is 3.00. The molecule has 0 spiro atoms. The van der Waals surface area contributed by atoms with E-state index in [-0.39, 0.29) is 11.3 Å². The minimum atomic E-state index is -0.905. The van der Waals surface area contributed by atoms with Gasteiger partial charge in [0.25, 0.3) is 0 Å². The van der Waals surface area contributed by atoms with Gasteiger partial charge in [-0.25, -0.2) is 8.78 Å². The molecule has 1 aliphatic carbocycles. The highest BCUT2D eigenvalue weighted by Crippen LogP contribution is 2.42. The van der Waals surface area contributed by atoms with Gasteiger partial charge < -0.3 is 9.52 Å². The molecule has 0 bridgehead atoms. The Bertz CT molecular complexity index is 1210. The highest BCUT2D eigenvalue weighted by atomic mass is 19.1. The third-order valence-corrected chi connectivity index (χ3v) is 4.50. The van der Waals surface area contributed by atoms with Crippen LogP contribution in [0.5, 0.6) is 5.75 Å². The van der Waals surface area contributed by atoms with Crippen LogP contribution in [0.2, 0.25) is 0 Å². The van der Waals surface area contributed by atoms with Gasteiger partial charge in [0, 0.05) is 28.6 Å². The Hall–Kier alpha value is -3.21. The largest absolute Gasteiger partial charge is 0.505 e. The first kappa shape index (κ1) is 16.3. The summed E-state index contributed by atoms with van der Waals surface area (Å²) in [6.45, 7) is 3.81. The van der Waals surface area contributed by atoms with Crippen LogP contribution >= 0.6 is 0 Å². The molecular weight excluding hydrogens is 338 g/mol. The molecule has 0 unspecified atom stereocenters. The van der Waals surface area contributed by atoms with Gasteiger partial charge in [0.05, 0.1) is 0 Å². The van der Waals surface area contributed by atoms with Crippen molar-refractivity contribution in [3.8, 4) is 28.2 Å². The molecule has 1 aliphatic heterocycles. The molecule has 4 rings (SSSR count). The molecule has 26 heavy (non-hydrogen) atoms. The molecule has 0 saturated carbocycles. The lowest BCUT2D eigenvalue weighted by molar-refractivity contribution is 0.432. The lowest BCUT2D eigenvalue weighted by Gasteiger charge is -2.17. The minimum Gasteiger partial charge on any atom is -0.505 e. The maximum atomic E-state index is 14.1. The van der Waals surface area contributed by atoms with Gasteiger partial charge >= 0.3 is 0 Å². The normalized spacial score (nSPS) is 11.4. The Morgan fingerprint density at radius 2 is 1.69 bits per heavy atom. The van der Waals surface area contributed by atoms with Gasteiger partial charge in [-0.15, -0.1) is 0 Å². The summed E-state index contributed by atoms with van der Waals surface area (Å²) in [5.74, 6) is -2.10. The van der Waals surface area contributed by atoms with E-state index < -0.39 is 22.8 Å². The van der Waals surface area contributed by atoms with Crippen molar-refractivity contribution >= 4 is 11.0 Å². The second kappa shape index (κ2) is 5.66. The zero-order valence-corrected chi connectivity index (χ0v) is 14.1. The number of fused-ring (bicyclic) bond motifs is 2. The van der Waals surface area contributed by atoms with Gasteiger partial charge in [0.1, 0.15) is 11.3 Å². The Labute approximate surface area is 147 Å². The Morgan fingerprint density at radius 3 is 2.46 bits per heavy atom. The van der Waals surface area contributed by atoms with Gasteiger partial charge in [-0.3, -0.25) is 4.79 Å². The zero-order chi connectivity index (χ0) is 18.6. The monoisotopic (exact) mass is 352 g/mol. The smallest absolute Gasteiger partial charge is 0.217 e. The molecule has 5 heteroatoms. The van der Waals surface area contributed by atoms with Crippen molar-refractivity contribution in [2.45, 2.75) is 13.8 Å². The van der Waals surface area contributed by atoms with E-state index in [1.165, 1.54) is 0 Å². The van der Waals surface area contributed by atoms with Crippen LogP contribution in [0.3, 0.4) is 0 Å². The molecular formula is C21H14F2O3. The second-order valence-corrected chi connectivity index (χ2v) is 6.37. The Morgan fingerprint density at radius 1 is 0.923 bits per heavy atom.